The Hall–Kier alpha value is -0.560. The predicted molar refractivity (Wildman–Crippen MR) is 63.0 cm³/mol. The first-order valence-corrected chi connectivity index (χ1v) is 4.86. The van der Waals surface area contributed by atoms with Gasteiger partial charge in [-0.3, -0.25) is 0 Å². The molecule has 1 atom stereocenters. The predicted octanol–water partition coefficient (Wildman–Crippen LogP) is 3.39. The molecular formula is C12H25N. The van der Waals surface area contributed by atoms with Gasteiger partial charge in [0.2, 0.25) is 0 Å². The van der Waals surface area contributed by atoms with Crippen molar-refractivity contribution in [2.45, 2.75) is 40.2 Å². The van der Waals surface area contributed by atoms with Gasteiger partial charge in [0.25, 0.3) is 0 Å². The molecule has 0 spiro atoms. The van der Waals surface area contributed by atoms with Crippen LogP contribution in [0, 0.1) is 5.92 Å². The molecule has 13 heavy (non-hydrogen) atoms. The lowest BCUT2D eigenvalue weighted by molar-refractivity contribution is 0.509. The van der Waals surface area contributed by atoms with E-state index in [1.165, 1.54) is 12.8 Å². The second kappa shape index (κ2) is 6.90. The van der Waals surface area contributed by atoms with Gasteiger partial charge < -0.3 is 5.32 Å². The molecule has 0 aromatic rings. The SMILES string of the molecule is C.CC(C)NCCC1C=CC=CC1.[HH]. The molecule has 0 heterocycles. The van der Waals surface area contributed by atoms with E-state index in [0.717, 1.165) is 12.5 Å². The van der Waals surface area contributed by atoms with Crippen LogP contribution in [0.1, 0.15) is 35.5 Å². The summed E-state index contributed by atoms with van der Waals surface area (Å²) in [5.41, 5.74) is 0. The molecule has 1 aliphatic rings. The Kier molecular flexibility index (Phi) is 6.61. The van der Waals surface area contributed by atoms with E-state index >= 15 is 0 Å². The highest BCUT2D eigenvalue weighted by molar-refractivity contribution is 5.10. The summed E-state index contributed by atoms with van der Waals surface area (Å²) in [5, 5.41) is 3.43. The van der Waals surface area contributed by atoms with Crippen LogP contribution in [0.15, 0.2) is 24.3 Å². The number of hydrogen-bond acceptors (Lipinski definition) is 1. The Morgan fingerprint density at radius 3 is 2.77 bits per heavy atom. The van der Waals surface area contributed by atoms with Crippen LogP contribution in [-0.2, 0) is 0 Å². The van der Waals surface area contributed by atoms with Gasteiger partial charge in [-0.15, -0.1) is 0 Å². The van der Waals surface area contributed by atoms with Gasteiger partial charge in [0.1, 0.15) is 0 Å². The zero-order chi connectivity index (χ0) is 8.81. The Bertz CT molecular complexity index is 173. The maximum Gasteiger partial charge on any atom is 0.00103 e. The first-order chi connectivity index (χ1) is 5.79. The molecule has 0 radical (unpaired) electrons. The topological polar surface area (TPSA) is 12.0 Å². The second-order valence-corrected chi connectivity index (χ2v) is 3.71. The van der Waals surface area contributed by atoms with Gasteiger partial charge in [-0.1, -0.05) is 45.6 Å². The van der Waals surface area contributed by atoms with Crippen molar-refractivity contribution in [3.63, 3.8) is 0 Å². The van der Waals surface area contributed by atoms with Crippen molar-refractivity contribution in [1.29, 1.82) is 0 Å². The molecule has 1 N–H and O–H groups in total. The highest BCUT2D eigenvalue weighted by Crippen LogP contribution is 2.14. The summed E-state index contributed by atoms with van der Waals surface area (Å²) in [5.74, 6) is 0.765. The van der Waals surface area contributed by atoms with Crippen LogP contribution in [0.2, 0.25) is 0 Å². The summed E-state index contributed by atoms with van der Waals surface area (Å²) in [6, 6.07) is 0.619. The molecule has 0 bridgehead atoms. The molecule has 1 nitrogen and oxygen atoms in total. The minimum Gasteiger partial charge on any atom is -0.315 e. The van der Waals surface area contributed by atoms with E-state index in [-0.39, 0.29) is 8.85 Å². The van der Waals surface area contributed by atoms with Crippen LogP contribution in [0.4, 0.5) is 0 Å². The van der Waals surface area contributed by atoms with Crippen molar-refractivity contribution in [2.24, 2.45) is 5.92 Å². The van der Waals surface area contributed by atoms with Gasteiger partial charge in [0.15, 0.2) is 0 Å². The molecule has 0 saturated heterocycles. The van der Waals surface area contributed by atoms with Crippen LogP contribution < -0.4 is 5.32 Å². The molecule has 0 aromatic heterocycles. The van der Waals surface area contributed by atoms with Crippen LogP contribution in [-0.4, -0.2) is 12.6 Å². The quantitative estimate of drug-likeness (QED) is 0.704. The van der Waals surface area contributed by atoms with Crippen molar-refractivity contribution >= 4 is 0 Å². The second-order valence-electron chi connectivity index (χ2n) is 3.71. The van der Waals surface area contributed by atoms with Crippen LogP contribution in [0.3, 0.4) is 0 Å². The maximum atomic E-state index is 3.43. The lowest BCUT2D eigenvalue weighted by atomic mass is 9.97. The lowest BCUT2D eigenvalue weighted by Gasteiger charge is -2.14. The largest absolute Gasteiger partial charge is 0.315 e. The maximum absolute atomic E-state index is 3.43. The molecule has 1 unspecified atom stereocenters. The minimum atomic E-state index is 0. The van der Waals surface area contributed by atoms with Gasteiger partial charge in [-0.2, -0.15) is 0 Å². The molecule has 78 valence electrons. The Morgan fingerprint density at radius 2 is 2.23 bits per heavy atom. The van der Waals surface area contributed by atoms with E-state index < -0.39 is 0 Å². The van der Waals surface area contributed by atoms with E-state index in [0.29, 0.717) is 6.04 Å². The van der Waals surface area contributed by atoms with Gasteiger partial charge in [0, 0.05) is 7.47 Å². The highest BCUT2D eigenvalue weighted by Gasteiger charge is 2.04. The van der Waals surface area contributed by atoms with Crippen LogP contribution >= 0.6 is 0 Å². The van der Waals surface area contributed by atoms with E-state index in [2.05, 4.69) is 43.5 Å². The van der Waals surface area contributed by atoms with Crippen LogP contribution in [0.25, 0.3) is 0 Å². The first-order valence-electron chi connectivity index (χ1n) is 4.86. The fraction of sp³-hybridized carbons (Fsp3) is 0.667. The zero-order valence-corrected chi connectivity index (χ0v) is 8.09. The normalized spacial score (nSPS) is 20.4. The van der Waals surface area contributed by atoms with E-state index in [1.54, 1.807) is 0 Å². The summed E-state index contributed by atoms with van der Waals surface area (Å²) in [6.07, 6.45) is 11.3. The summed E-state index contributed by atoms with van der Waals surface area (Å²) in [6.45, 7) is 5.52. The smallest absolute Gasteiger partial charge is 0.00103 e. The number of hydrogen-bond donors (Lipinski definition) is 1. The Balaban J connectivity index is 0. The number of nitrogens with one attached hydrogen (secondary N) is 1. The standard InChI is InChI=1S/C11H19N.CH4.H2/c1-10(2)12-9-8-11-6-4-3-5-7-11;;/h3-6,10-12H,7-9H2,1-2H3;1H4;1H. The monoisotopic (exact) mass is 183 g/mol. The Labute approximate surface area is 84.4 Å². The first kappa shape index (κ1) is 12.4. The van der Waals surface area contributed by atoms with Crippen LogP contribution in [0.5, 0.6) is 0 Å². The van der Waals surface area contributed by atoms with E-state index in [4.69, 9.17) is 0 Å². The lowest BCUT2D eigenvalue weighted by Crippen LogP contribution is -2.25. The molecule has 0 saturated carbocycles. The third-order valence-electron chi connectivity index (χ3n) is 2.14. The van der Waals surface area contributed by atoms with Crippen molar-refractivity contribution in [2.75, 3.05) is 6.54 Å². The molecule has 0 amide bonds. The van der Waals surface area contributed by atoms with Crippen molar-refractivity contribution in [1.82, 2.24) is 5.32 Å². The minimum absolute atomic E-state index is 0. The van der Waals surface area contributed by atoms with Gasteiger partial charge in [-0.05, 0) is 25.3 Å². The third kappa shape index (κ3) is 5.64. The molecule has 1 aliphatic carbocycles. The van der Waals surface area contributed by atoms with Gasteiger partial charge in [-0.25, -0.2) is 0 Å². The molecule has 1 rings (SSSR count). The van der Waals surface area contributed by atoms with E-state index in [1.807, 2.05) is 0 Å². The molecular weight excluding hydrogens is 158 g/mol. The summed E-state index contributed by atoms with van der Waals surface area (Å²) < 4.78 is 0. The summed E-state index contributed by atoms with van der Waals surface area (Å²) >= 11 is 0. The van der Waals surface area contributed by atoms with Crippen molar-refractivity contribution in [3.8, 4) is 0 Å². The van der Waals surface area contributed by atoms with Gasteiger partial charge >= 0.3 is 0 Å². The average molecular weight is 183 g/mol. The van der Waals surface area contributed by atoms with Crippen molar-refractivity contribution < 1.29 is 1.43 Å². The number of allylic oxidation sites excluding steroid dienone is 4. The van der Waals surface area contributed by atoms with Gasteiger partial charge in [0.05, 0.1) is 0 Å². The molecule has 1 heteroatoms. The fourth-order valence-electron chi connectivity index (χ4n) is 1.40. The summed E-state index contributed by atoms with van der Waals surface area (Å²) in [7, 11) is 0. The van der Waals surface area contributed by atoms with E-state index in [9.17, 15) is 0 Å². The fourth-order valence-corrected chi connectivity index (χ4v) is 1.40. The van der Waals surface area contributed by atoms with Crippen molar-refractivity contribution in [3.05, 3.63) is 24.3 Å². The number of rotatable bonds is 4. The summed E-state index contributed by atoms with van der Waals surface area (Å²) in [4.78, 5) is 0. The Morgan fingerprint density at radius 1 is 1.46 bits per heavy atom. The molecule has 0 fully saturated rings. The third-order valence-corrected chi connectivity index (χ3v) is 2.14. The highest BCUT2D eigenvalue weighted by atomic mass is 14.9. The molecule has 0 aromatic carbocycles. The zero-order valence-electron chi connectivity index (χ0n) is 8.09. The average Bonchev–Trinajstić information content (AvgIpc) is 2.05. The molecule has 0 aliphatic heterocycles.